The molecule has 1 N–H and O–H groups in total. The first-order valence-electron chi connectivity index (χ1n) is 10.0. The molecule has 7 heteroatoms. The van der Waals surface area contributed by atoms with E-state index in [0.717, 1.165) is 47.5 Å². The van der Waals surface area contributed by atoms with Crippen molar-refractivity contribution in [3.8, 4) is 6.07 Å². The van der Waals surface area contributed by atoms with Gasteiger partial charge in [0.15, 0.2) is 11.3 Å². The van der Waals surface area contributed by atoms with E-state index >= 15 is 0 Å². The SMILES string of the molecule is CC[C@H]1C[C@H](OCc2ccc(C#N)cc2)C[C@H]1c1nnc2cnc3[nH]ccc3n12. The molecule has 0 spiro atoms. The minimum atomic E-state index is 0.191. The summed E-state index contributed by atoms with van der Waals surface area (Å²) < 4.78 is 8.38. The average molecular weight is 386 g/mol. The van der Waals surface area contributed by atoms with E-state index in [2.05, 4.69) is 37.6 Å². The molecule has 1 aliphatic carbocycles. The Balaban J connectivity index is 1.37. The summed E-state index contributed by atoms with van der Waals surface area (Å²) in [5.74, 6) is 1.82. The lowest BCUT2D eigenvalue weighted by molar-refractivity contribution is 0.0422. The molecule has 29 heavy (non-hydrogen) atoms. The van der Waals surface area contributed by atoms with Crippen LogP contribution in [0, 0.1) is 17.2 Å². The molecule has 1 saturated carbocycles. The van der Waals surface area contributed by atoms with Crippen LogP contribution in [0.5, 0.6) is 0 Å². The van der Waals surface area contributed by atoms with Crippen molar-refractivity contribution in [2.45, 2.75) is 44.8 Å². The van der Waals surface area contributed by atoms with Crippen molar-refractivity contribution in [1.29, 1.82) is 5.26 Å². The van der Waals surface area contributed by atoms with Crippen LogP contribution in [0.4, 0.5) is 0 Å². The fourth-order valence-corrected chi connectivity index (χ4v) is 4.51. The summed E-state index contributed by atoms with van der Waals surface area (Å²) in [6.07, 6.45) is 6.90. The predicted molar refractivity (Wildman–Crippen MR) is 108 cm³/mol. The molecule has 1 aliphatic rings. The van der Waals surface area contributed by atoms with Gasteiger partial charge >= 0.3 is 0 Å². The van der Waals surface area contributed by atoms with Crippen LogP contribution in [0.25, 0.3) is 16.8 Å². The fourth-order valence-electron chi connectivity index (χ4n) is 4.51. The maximum atomic E-state index is 8.93. The van der Waals surface area contributed by atoms with E-state index in [9.17, 15) is 0 Å². The Morgan fingerprint density at radius 3 is 2.86 bits per heavy atom. The normalized spacial score (nSPS) is 21.7. The van der Waals surface area contributed by atoms with Crippen LogP contribution in [0.15, 0.2) is 42.7 Å². The lowest BCUT2D eigenvalue weighted by Crippen LogP contribution is -2.10. The molecule has 5 rings (SSSR count). The number of aromatic nitrogens is 5. The van der Waals surface area contributed by atoms with Crippen LogP contribution in [0.3, 0.4) is 0 Å². The molecule has 3 atom stereocenters. The van der Waals surface area contributed by atoms with Gasteiger partial charge in [-0.3, -0.25) is 4.40 Å². The zero-order valence-corrected chi connectivity index (χ0v) is 16.2. The number of nitriles is 1. The van der Waals surface area contributed by atoms with Gasteiger partial charge in [0.25, 0.3) is 0 Å². The summed E-state index contributed by atoms with van der Waals surface area (Å²) in [4.78, 5) is 7.58. The maximum absolute atomic E-state index is 8.93. The topological polar surface area (TPSA) is 91.9 Å². The van der Waals surface area contributed by atoms with Gasteiger partial charge in [0.1, 0.15) is 5.82 Å². The van der Waals surface area contributed by atoms with E-state index in [1.54, 1.807) is 6.20 Å². The molecule has 4 aromatic rings. The van der Waals surface area contributed by atoms with Crippen molar-refractivity contribution < 1.29 is 4.74 Å². The molecule has 3 aromatic heterocycles. The summed E-state index contributed by atoms with van der Waals surface area (Å²) in [6, 6.07) is 11.8. The number of nitrogens with zero attached hydrogens (tertiary/aromatic N) is 5. The van der Waals surface area contributed by atoms with Crippen molar-refractivity contribution >= 4 is 16.8 Å². The molecule has 1 fully saturated rings. The Labute approximate surface area is 168 Å². The third-order valence-corrected chi connectivity index (χ3v) is 6.04. The van der Waals surface area contributed by atoms with E-state index in [-0.39, 0.29) is 6.10 Å². The Bertz CT molecular complexity index is 1190. The highest BCUT2D eigenvalue weighted by Gasteiger charge is 2.37. The lowest BCUT2D eigenvalue weighted by atomic mass is 9.93. The van der Waals surface area contributed by atoms with Crippen molar-refractivity contribution in [1.82, 2.24) is 24.6 Å². The highest BCUT2D eigenvalue weighted by molar-refractivity contribution is 5.74. The molecule has 0 unspecified atom stereocenters. The number of fused-ring (bicyclic) bond motifs is 3. The Morgan fingerprint density at radius 1 is 1.21 bits per heavy atom. The Hall–Kier alpha value is -3.24. The second-order valence-corrected chi connectivity index (χ2v) is 7.71. The molecule has 0 radical (unpaired) electrons. The maximum Gasteiger partial charge on any atom is 0.179 e. The second-order valence-electron chi connectivity index (χ2n) is 7.71. The van der Waals surface area contributed by atoms with Gasteiger partial charge in [-0.2, -0.15) is 5.26 Å². The number of hydrogen-bond donors (Lipinski definition) is 1. The molecule has 0 amide bonds. The van der Waals surface area contributed by atoms with E-state index in [1.165, 1.54) is 0 Å². The average Bonchev–Trinajstić information content (AvgIpc) is 3.48. The number of aromatic amines is 1. The van der Waals surface area contributed by atoms with Gasteiger partial charge in [-0.15, -0.1) is 10.2 Å². The van der Waals surface area contributed by atoms with Crippen molar-refractivity contribution in [3.05, 3.63) is 59.7 Å². The monoisotopic (exact) mass is 386 g/mol. The summed E-state index contributed by atoms with van der Waals surface area (Å²) in [7, 11) is 0. The Kier molecular flexibility index (Phi) is 4.49. The quantitative estimate of drug-likeness (QED) is 0.560. The number of ether oxygens (including phenoxy) is 1. The summed E-state index contributed by atoms with van der Waals surface area (Å²) in [5, 5.41) is 17.9. The third kappa shape index (κ3) is 3.15. The number of nitrogens with one attached hydrogen (secondary N) is 1. The van der Waals surface area contributed by atoms with Gasteiger partial charge in [0.05, 0.1) is 36.1 Å². The fraction of sp³-hybridized carbons (Fsp3) is 0.364. The van der Waals surface area contributed by atoms with Crippen LogP contribution < -0.4 is 0 Å². The van der Waals surface area contributed by atoms with Crippen molar-refractivity contribution in [2.24, 2.45) is 5.92 Å². The van der Waals surface area contributed by atoms with Gasteiger partial charge in [-0.1, -0.05) is 25.5 Å². The first kappa shape index (κ1) is 17.8. The van der Waals surface area contributed by atoms with Crippen LogP contribution in [-0.2, 0) is 11.3 Å². The van der Waals surface area contributed by atoms with E-state index in [4.69, 9.17) is 10.00 Å². The zero-order chi connectivity index (χ0) is 19.8. The number of H-pyrrole nitrogens is 1. The van der Waals surface area contributed by atoms with Crippen LogP contribution >= 0.6 is 0 Å². The van der Waals surface area contributed by atoms with Gasteiger partial charge in [-0.25, -0.2) is 4.98 Å². The van der Waals surface area contributed by atoms with E-state index < -0.39 is 0 Å². The van der Waals surface area contributed by atoms with E-state index in [1.807, 2.05) is 36.5 Å². The molecule has 1 aromatic carbocycles. The smallest absolute Gasteiger partial charge is 0.179 e. The summed E-state index contributed by atoms with van der Waals surface area (Å²) in [6.45, 7) is 2.80. The number of rotatable bonds is 5. The molecular formula is C22H22N6O. The Morgan fingerprint density at radius 2 is 2.07 bits per heavy atom. The van der Waals surface area contributed by atoms with Gasteiger partial charge in [-0.05, 0) is 42.5 Å². The third-order valence-electron chi connectivity index (χ3n) is 6.04. The molecular weight excluding hydrogens is 364 g/mol. The minimum Gasteiger partial charge on any atom is -0.374 e. The molecule has 3 heterocycles. The molecule has 146 valence electrons. The largest absolute Gasteiger partial charge is 0.374 e. The van der Waals surface area contributed by atoms with E-state index in [0.29, 0.717) is 24.0 Å². The molecule has 0 saturated heterocycles. The number of hydrogen-bond acceptors (Lipinski definition) is 5. The standard InChI is InChI=1S/C22H22N6O/c1-2-16-9-17(29-13-15-5-3-14(11-23)4-6-15)10-18(16)22-27-26-20-12-25-21-19(28(20)22)7-8-24-21/h3-8,12,16-18,24H,2,9-10,13H2,1H3/t16-,17-,18+/m0/s1. The van der Waals surface area contributed by atoms with Gasteiger partial charge < -0.3 is 9.72 Å². The summed E-state index contributed by atoms with van der Waals surface area (Å²) in [5.41, 5.74) is 4.40. The molecule has 0 aliphatic heterocycles. The van der Waals surface area contributed by atoms with Gasteiger partial charge in [0.2, 0.25) is 0 Å². The highest BCUT2D eigenvalue weighted by Crippen LogP contribution is 2.42. The molecule has 7 nitrogen and oxygen atoms in total. The van der Waals surface area contributed by atoms with Crippen LogP contribution in [0.2, 0.25) is 0 Å². The predicted octanol–water partition coefficient (Wildman–Crippen LogP) is 3.97. The van der Waals surface area contributed by atoms with Crippen LogP contribution in [-0.4, -0.2) is 30.7 Å². The van der Waals surface area contributed by atoms with Crippen LogP contribution in [0.1, 0.15) is 49.1 Å². The first-order valence-corrected chi connectivity index (χ1v) is 10.0. The van der Waals surface area contributed by atoms with Crippen molar-refractivity contribution in [2.75, 3.05) is 0 Å². The zero-order valence-electron chi connectivity index (χ0n) is 16.2. The minimum absolute atomic E-state index is 0.191. The number of benzene rings is 1. The van der Waals surface area contributed by atoms with Crippen molar-refractivity contribution in [3.63, 3.8) is 0 Å². The second kappa shape index (κ2) is 7.30. The lowest BCUT2D eigenvalue weighted by Gasteiger charge is -2.15. The highest BCUT2D eigenvalue weighted by atomic mass is 16.5. The summed E-state index contributed by atoms with van der Waals surface area (Å²) >= 11 is 0. The first-order chi connectivity index (χ1) is 14.3. The van der Waals surface area contributed by atoms with Gasteiger partial charge in [0, 0.05) is 12.1 Å². The molecule has 0 bridgehead atoms.